The number of carbonyl (C=O) groups excluding carboxylic acids is 2. The second-order valence-corrected chi connectivity index (χ2v) is 11.7. The van der Waals surface area contributed by atoms with Gasteiger partial charge in [0.25, 0.3) is 21.8 Å². The minimum absolute atomic E-state index is 0.0872. The summed E-state index contributed by atoms with van der Waals surface area (Å²) < 4.78 is 26.3. The fraction of sp³-hybridized carbons (Fsp3) is 0.400. The minimum atomic E-state index is -3.44. The first-order chi connectivity index (χ1) is 16.8. The molecule has 0 bridgehead atoms. The Bertz CT molecular complexity index is 1430. The van der Waals surface area contributed by atoms with Crippen LogP contribution in [0.2, 0.25) is 0 Å². The summed E-state index contributed by atoms with van der Waals surface area (Å²) in [5.74, 6) is -0.308. The fourth-order valence-electron chi connectivity index (χ4n) is 4.63. The summed E-state index contributed by atoms with van der Waals surface area (Å²) in [5, 5.41) is 14.6. The van der Waals surface area contributed by atoms with Crippen molar-refractivity contribution in [3.63, 3.8) is 0 Å². The van der Waals surface area contributed by atoms with Crippen LogP contribution < -0.4 is 0 Å². The van der Waals surface area contributed by atoms with Gasteiger partial charge in [0.2, 0.25) is 0 Å². The van der Waals surface area contributed by atoms with Gasteiger partial charge in [-0.25, -0.2) is 8.42 Å². The molecule has 2 aliphatic carbocycles. The maximum atomic E-state index is 13.0. The minimum Gasteiger partial charge on any atom is -0.380 e. The van der Waals surface area contributed by atoms with Crippen LogP contribution in [0, 0.1) is 0 Å². The molecular formula is C25H26N4O5S. The Labute approximate surface area is 203 Å². The Balaban J connectivity index is 1.15. The molecule has 2 saturated carbocycles. The highest BCUT2D eigenvalue weighted by Crippen LogP contribution is 2.37. The van der Waals surface area contributed by atoms with Crippen LogP contribution in [0.1, 0.15) is 36.0 Å². The molecule has 3 aromatic rings. The molecule has 6 rings (SSSR count). The first-order valence-electron chi connectivity index (χ1n) is 11.9. The van der Waals surface area contributed by atoms with E-state index in [4.69, 9.17) is 0 Å². The van der Waals surface area contributed by atoms with Gasteiger partial charge in [-0.2, -0.15) is 9.19 Å². The predicted octanol–water partition coefficient (Wildman–Crippen LogP) is 1.85. The van der Waals surface area contributed by atoms with E-state index in [1.54, 1.807) is 34.2 Å². The maximum Gasteiger partial charge on any atom is 0.257 e. The van der Waals surface area contributed by atoms with Gasteiger partial charge < -0.3 is 14.9 Å². The molecule has 9 nitrogen and oxygen atoms in total. The van der Waals surface area contributed by atoms with E-state index >= 15 is 0 Å². The van der Waals surface area contributed by atoms with Crippen LogP contribution in [0.25, 0.3) is 22.0 Å². The van der Waals surface area contributed by atoms with Gasteiger partial charge in [-0.05, 0) is 61.1 Å². The first kappa shape index (κ1) is 22.2. The summed E-state index contributed by atoms with van der Waals surface area (Å²) in [6.45, 7) is 1.73. The smallest absolute Gasteiger partial charge is 0.257 e. The van der Waals surface area contributed by atoms with Crippen molar-refractivity contribution in [2.24, 2.45) is 0 Å². The number of hydrogen-bond donors (Lipinski definition) is 1. The van der Waals surface area contributed by atoms with E-state index in [9.17, 15) is 23.1 Å². The lowest BCUT2D eigenvalue weighted by atomic mass is 10.0. The zero-order valence-corrected chi connectivity index (χ0v) is 19.9. The average Bonchev–Trinajstić information content (AvgIpc) is 3.81. The highest BCUT2D eigenvalue weighted by Gasteiger charge is 2.50. The summed E-state index contributed by atoms with van der Waals surface area (Å²) in [4.78, 5) is 28.7. The van der Waals surface area contributed by atoms with Crippen molar-refractivity contribution in [1.82, 2.24) is 19.0 Å². The highest BCUT2D eigenvalue weighted by molar-refractivity contribution is 7.90. The largest absolute Gasteiger partial charge is 0.380 e. The van der Waals surface area contributed by atoms with Crippen molar-refractivity contribution in [1.29, 1.82) is 0 Å². The number of rotatable bonds is 5. The lowest BCUT2D eigenvalue weighted by molar-refractivity contribution is -0.143. The summed E-state index contributed by atoms with van der Waals surface area (Å²) in [6.07, 6.45) is 3.98. The lowest BCUT2D eigenvalue weighted by Crippen LogP contribution is -2.53. The number of hydrogen-bond acceptors (Lipinski definition) is 6. The first-order valence-corrected chi connectivity index (χ1v) is 13.4. The van der Waals surface area contributed by atoms with Gasteiger partial charge >= 0.3 is 0 Å². The number of aliphatic hydroxyl groups is 1. The average molecular weight is 495 g/mol. The van der Waals surface area contributed by atoms with E-state index < -0.39 is 15.6 Å². The van der Waals surface area contributed by atoms with Gasteiger partial charge in [0.05, 0.1) is 17.0 Å². The van der Waals surface area contributed by atoms with Gasteiger partial charge in [-0.3, -0.25) is 9.59 Å². The summed E-state index contributed by atoms with van der Waals surface area (Å²) in [6, 6.07) is 12.9. The van der Waals surface area contributed by atoms with Crippen molar-refractivity contribution in [3.8, 4) is 11.1 Å². The molecule has 0 radical (unpaired) electrons. The van der Waals surface area contributed by atoms with Crippen molar-refractivity contribution >= 4 is 32.7 Å². The Hall–Kier alpha value is -3.24. The van der Waals surface area contributed by atoms with Crippen LogP contribution in [-0.4, -0.2) is 81.4 Å². The number of piperazine rings is 1. The molecular weight excluding hydrogens is 468 g/mol. The van der Waals surface area contributed by atoms with Gasteiger partial charge in [-0.15, -0.1) is 0 Å². The third kappa shape index (κ3) is 3.90. The Kier molecular flexibility index (Phi) is 5.01. The number of carbonyl (C=O) groups is 2. The molecule has 0 spiro atoms. The van der Waals surface area contributed by atoms with Crippen LogP contribution >= 0.6 is 0 Å². The molecule has 1 aliphatic heterocycles. The van der Waals surface area contributed by atoms with E-state index in [-0.39, 0.29) is 17.1 Å². The van der Waals surface area contributed by atoms with Crippen LogP contribution in [0.5, 0.6) is 0 Å². The Morgan fingerprint density at radius 1 is 0.914 bits per heavy atom. The summed E-state index contributed by atoms with van der Waals surface area (Å²) in [7, 11) is -3.44. The molecule has 3 fully saturated rings. The second kappa shape index (κ2) is 7.89. The zero-order valence-electron chi connectivity index (χ0n) is 19.1. The van der Waals surface area contributed by atoms with E-state index in [0.29, 0.717) is 62.9 Å². The molecule has 1 saturated heterocycles. The summed E-state index contributed by atoms with van der Waals surface area (Å²) in [5.41, 5.74) is 1.78. The second-order valence-electron chi connectivity index (χ2n) is 9.70. The van der Waals surface area contributed by atoms with E-state index in [1.165, 1.54) is 0 Å². The van der Waals surface area contributed by atoms with Crippen molar-refractivity contribution in [3.05, 3.63) is 54.2 Å². The third-order valence-electron chi connectivity index (χ3n) is 7.16. The molecule has 1 N–H and O–H groups in total. The van der Waals surface area contributed by atoms with Crippen LogP contribution in [0.3, 0.4) is 0 Å². The molecule has 35 heavy (non-hydrogen) atoms. The van der Waals surface area contributed by atoms with Crippen molar-refractivity contribution in [2.45, 2.75) is 36.5 Å². The standard InChI is InChI=1S/C25H26N4O5S/c30-23(27-11-13-28(14-12-27)24(31)25(32)9-10-25)18-3-1-17(2-4-18)19-5-8-22-20(15-19)16-26-29(22)35(33,34)21-6-7-21/h1-5,8,15-16,21,32H,6-7,9-14H2. The van der Waals surface area contributed by atoms with E-state index in [2.05, 4.69) is 5.10 Å². The van der Waals surface area contributed by atoms with Gasteiger partial charge in [0, 0.05) is 37.1 Å². The SMILES string of the molecule is O=C(c1ccc(-c2ccc3c(cnn3S(=O)(=O)C3CC3)c2)cc1)N1CCN(C(=O)C2(O)CC2)CC1. The molecule has 2 heterocycles. The van der Waals surface area contributed by atoms with Crippen molar-refractivity contribution in [2.75, 3.05) is 26.2 Å². The maximum absolute atomic E-state index is 13.0. The molecule has 10 heteroatoms. The lowest BCUT2D eigenvalue weighted by Gasteiger charge is -2.35. The Morgan fingerprint density at radius 2 is 1.54 bits per heavy atom. The highest BCUT2D eigenvalue weighted by atomic mass is 32.2. The van der Waals surface area contributed by atoms with Gasteiger partial charge in [0.1, 0.15) is 5.60 Å². The Morgan fingerprint density at radius 3 is 2.17 bits per heavy atom. The fourth-order valence-corrected chi connectivity index (χ4v) is 6.26. The van der Waals surface area contributed by atoms with Gasteiger partial charge in [0.15, 0.2) is 0 Å². The predicted molar refractivity (Wildman–Crippen MR) is 129 cm³/mol. The number of benzene rings is 2. The number of nitrogens with zero attached hydrogens (tertiary/aromatic N) is 4. The van der Waals surface area contributed by atoms with Crippen molar-refractivity contribution < 1.29 is 23.1 Å². The molecule has 3 aliphatic rings. The van der Waals surface area contributed by atoms with Crippen LogP contribution in [-0.2, 0) is 14.8 Å². The monoisotopic (exact) mass is 494 g/mol. The topological polar surface area (TPSA) is 113 Å². The zero-order chi connectivity index (χ0) is 24.4. The molecule has 2 aromatic carbocycles. The molecule has 0 unspecified atom stereocenters. The van der Waals surface area contributed by atoms with Gasteiger partial charge in [-0.1, -0.05) is 18.2 Å². The number of amides is 2. The van der Waals surface area contributed by atoms with E-state index in [1.807, 2.05) is 24.3 Å². The normalized spacial score (nSPS) is 19.7. The number of fused-ring (bicyclic) bond motifs is 1. The van der Waals surface area contributed by atoms with Crippen LogP contribution in [0.15, 0.2) is 48.7 Å². The molecule has 0 atom stereocenters. The molecule has 1 aromatic heterocycles. The quantitative estimate of drug-likeness (QED) is 0.579. The molecule has 182 valence electrons. The van der Waals surface area contributed by atoms with Crippen LogP contribution in [0.4, 0.5) is 0 Å². The number of aromatic nitrogens is 2. The third-order valence-corrected chi connectivity index (χ3v) is 9.25. The summed E-state index contributed by atoms with van der Waals surface area (Å²) >= 11 is 0. The van der Waals surface area contributed by atoms with E-state index in [0.717, 1.165) is 20.6 Å². The molecule has 2 amide bonds.